The molecule has 3 atom stereocenters. The van der Waals surface area contributed by atoms with Crippen molar-refractivity contribution in [1.29, 1.82) is 0 Å². The van der Waals surface area contributed by atoms with E-state index in [4.69, 9.17) is 16.2 Å². The average molecular weight is 332 g/mol. The number of ether oxygens (including phenoxy) is 1. The first-order valence-corrected chi connectivity index (χ1v) is 8.15. The van der Waals surface area contributed by atoms with E-state index in [0.29, 0.717) is 11.4 Å². The largest absolute Gasteiger partial charge is 0.377 e. The van der Waals surface area contributed by atoms with Gasteiger partial charge in [-0.25, -0.2) is 4.79 Å². The van der Waals surface area contributed by atoms with Gasteiger partial charge >= 0.3 is 6.03 Å². The minimum atomic E-state index is -0.956. The van der Waals surface area contributed by atoms with Crippen molar-refractivity contribution in [3.8, 4) is 0 Å². The van der Waals surface area contributed by atoms with Gasteiger partial charge in [-0.15, -0.1) is 0 Å². The summed E-state index contributed by atoms with van der Waals surface area (Å²) in [6.45, 7) is 4.70. The molecular formula is C17H24N4O3. The van der Waals surface area contributed by atoms with E-state index in [1.807, 2.05) is 13.8 Å². The topological polar surface area (TPSA) is 119 Å². The van der Waals surface area contributed by atoms with Crippen LogP contribution in [0.1, 0.15) is 26.7 Å². The number of fused-ring (bicyclic) bond motifs is 1. The van der Waals surface area contributed by atoms with Gasteiger partial charge in [0.05, 0.1) is 6.10 Å². The molecule has 1 aromatic carbocycles. The fourth-order valence-corrected chi connectivity index (χ4v) is 4.05. The predicted molar refractivity (Wildman–Crippen MR) is 91.4 cm³/mol. The summed E-state index contributed by atoms with van der Waals surface area (Å²) >= 11 is 0. The Morgan fingerprint density at radius 3 is 2.33 bits per heavy atom. The minimum absolute atomic E-state index is 0.0316. The van der Waals surface area contributed by atoms with Crippen LogP contribution in [-0.2, 0) is 9.53 Å². The van der Waals surface area contributed by atoms with Crippen LogP contribution in [0.4, 0.5) is 16.2 Å². The summed E-state index contributed by atoms with van der Waals surface area (Å²) in [6.07, 6.45) is 1.86. The monoisotopic (exact) mass is 332 g/mol. The molecule has 1 saturated carbocycles. The molecule has 7 heteroatoms. The number of anilines is 2. The fraction of sp³-hybridized carbons (Fsp3) is 0.529. The van der Waals surface area contributed by atoms with Gasteiger partial charge in [0.15, 0.2) is 0 Å². The molecule has 1 heterocycles. The first-order chi connectivity index (χ1) is 11.3. The Balaban J connectivity index is 1.73. The Bertz CT molecular complexity index is 658. The number of nitrogens with one attached hydrogen (secondary N) is 2. The van der Waals surface area contributed by atoms with Gasteiger partial charge < -0.3 is 26.8 Å². The van der Waals surface area contributed by atoms with E-state index < -0.39 is 17.0 Å². The molecule has 0 radical (unpaired) electrons. The highest BCUT2D eigenvalue weighted by Crippen LogP contribution is 2.57. The van der Waals surface area contributed by atoms with Crippen LogP contribution < -0.4 is 22.1 Å². The second kappa shape index (κ2) is 5.75. The maximum absolute atomic E-state index is 12.9. The van der Waals surface area contributed by atoms with Gasteiger partial charge in [-0.05, 0) is 37.1 Å². The second-order valence-electron chi connectivity index (χ2n) is 7.15. The molecule has 3 amide bonds. The number of rotatable bonds is 3. The molecule has 2 aliphatic rings. The van der Waals surface area contributed by atoms with Crippen LogP contribution >= 0.6 is 0 Å². The zero-order chi connectivity index (χ0) is 17.5. The van der Waals surface area contributed by atoms with E-state index in [2.05, 4.69) is 10.6 Å². The molecule has 0 bridgehead atoms. The molecule has 1 aromatic rings. The maximum Gasteiger partial charge on any atom is 0.316 e. The van der Waals surface area contributed by atoms with E-state index in [0.717, 1.165) is 19.4 Å². The predicted octanol–water partition coefficient (Wildman–Crippen LogP) is 1.65. The van der Waals surface area contributed by atoms with Crippen molar-refractivity contribution in [1.82, 2.24) is 0 Å². The molecule has 130 valence electrons. The normalized spacial score (nSPS) is 30.6. The van der Waals surface area contributed by atoms with Gasteiger partial charge in [-0.2, -0.15) is 0 Å². The summed E-state index contributed by atoms with van der Waals surface area (Å²) in [5, 5.41) is 5.36. The van der Waals surface area contributed by atoms with Gasteiger partial charge in [0.25, 0.3) is 0 Å². The number of hydrogen-bond donors (Lipinski definition) is 4. The van der Waals surface area contributed by atoms with Gasteiger partial charge in [0.1, 0.15) is 5.54 Å². The summed E-state index contributed by atoms with van der Waals surface area (Å²) in [7, 11) is 0. The third-order valence-corrected chi connectivity index (χ3v) is 5.47. The van der Waals surface area contributed by atoms with Crippen molar-refractivity contribution in [3.05, 3.63) is 24.3 Å². The van der Waals surface area contributed by atoms with E-state index >= 15 is 0 Å². The quantitative estimate of drug-likeness (QED) is 0.672. The highest BCUT2D eigenvalue weighted by Gasteiger charge is 2.70. The van der Waals surface area contributed by atoms with Crippen molar-refractivity contribution in [2.75, 3.05) is 17.2 Å². The lowest BCUT2D eigenvalue weighted by Crippen LogP contribution is -2.81. The lowest BCUT2D eigenvalue weighted by atomic mass is 9.46. The SMILES string of the molecule is CC1(C)C2OCCCC2C1(N)C(=O)Nc1ccc(NC(N)=O)cc1. The third kappa shape index (κ3) is 2.44. The number of amides is 3. The maximum atomic E-state index is 12.9. The third-order valence-electron chi connectivity index (χ3n) is 5.47. The summed E-state index contributed by atoms with van der Waals surface area (Å²) in [5.74, 6) is -0.160. The Labute approximate surface area is 141 Å². The summed E-state index contributed by atoms with van der Waals surface area (Å²) in [6, 6.07) is 6.11. The number of carbonyl (C=O) groups is 2. The van der Waals surface area contributed by atoms with Crippen LogP contribution in [0.2, 0.25) is 0 Å². The standard InChI is InChI=1S/C17H24N4O3/c1-16(2)13-12(4-3-9-24-13)17(16,19)14(22)20-10-5-7-11(8-6-10)21-15(18)23/h5-8,12-13H,3-4,9,19H2,1-2H3,(H,20,22)(H3,18,21,23). The van der Waals surface area contributed by atoms with Crippen LogP contribution in [0.15, 0.2) is 24.3 Å². The van der Waals surface area contributed by atoms with Crippen LogP contribution in [-0.4, -0.2) is 30.2 Å². The van der Waals surface area contributed by atoms with Crippen molar-refractivity contribution >= 4 is 23.3 Å². The van der Waals surface area contributed by atoms with Crippen LogP contribution in [0, 0.1) is 11.3 Å². The number of carbonyl (C=O) groups excluding carboxylic acids is 2. The smallest absolute Gasteiger partial charge is 0.316 e. The molecule has 6 N–H and O–H groups in total. The Hall–Kier alpha value is -2.12. The highest BCUT2D eigenvalue weighted by atomic mass is 16.5. The number of nitrogens with two attached hydrogens (primary N) is 2. The molecule has 24 heavy (non-hydrogen) atoms. The zero-order valence-corrected chi connectivity index (χ0v) is 14.0. The number of hydrogen-bond acceptors (Lipinski definition) is 4. The van der Waals surface area contributed by atoms with E-state index in [1.54, 1.807) is 24.3 Å². The molecule has 3 unspecified atom stereocenters. The molecule has 7 nitrogen and oxygen atoms in total. The van der Waals surface area contributed by atoms with Crippen molar-refractivity contribution in [3.63, 3.8) is 0 Å². The molecule has 3 rings (SSSR count). The van der Waals surface area contributed by atoms with E-state index in [9.17, 15) is 9.59 Å². The first-order valence-electron chi connectivity index (χ1n) is 8.15. The lowest BCUT2D eigenvalue weighted by molar-refractivity contribution is -0.222. The highest BCUT2D eigenvalue weighted by molar-refractivity contribution is 6.00. The van der Waals surface area contributed by atoms with Gasteiger partial charge in [0, 0.05) is 29.3 Å². The van der Waals surface area contributed by atoms with Crippen molar-refractivity contribution in [2.24, 2.45) is 22.8 Å². The number of urea groups is 1. The van der Waals surface area contributed by atoms with Crippen LogP contribution in [0.3, 0.4) is 0 Å². The lowest BCUT2D eigenvalue weighted by Gasteiger charge is -2.65. The molecule has 0 aromatic heterocycles. The summed E-state index contributed by atoms with van der Waals surface area (Å²) in [4.78, 5) is 23.7. The van der Waals surface area contributed by atoms with Gasteiger partial charge in [0.2, 0.25) is 5.91 Å². The zero-order valence-electron chi connectivity index (χ0n) is 14.0. The van der Waals surface area contributed by atoms with Crippen LogP contribution in [0.25, 0.3) is 0 Å². The summed E-state index contributed by atoms with van der Waals surface area (Å²) in [5.41, 5.74) is 11.4. The number of benzene rings is 1. The van der Waals surface area contributed by atoms with Crippen molar-refractivity contribution in [2.45, 2.75) is 38.3 Å². The number of primary amides is 1. The van der Waals surface area contributed by atoms with Crippen LogP contribution in [0.5, 0.6) is 0 Å². The van der Waals surface area contributed by atoms with E-state index in [-0.39, 0.29) is 17.9 Å². The Morgan fingerprint density at radius 2 is 1.75 bits per heavy atom. The first kappa shape index (κ1) is 16.7. The molecular weight excluding hydrogens is 308 g/mol. The minimum Gasteiger partial charge on any atom is -0.377 e. The molecule has 1 aliphatic carbocycles. The molecule has 1 saturated heterocycles. The molecule has 2 fully saturated rings. The average Bonchev–Trinajstić information content (AvgIpc) is 2.55. The molecule has 1 aliphatic heterocycles. The summed E-state index contributed by atoms with van der Waals surface area (Å²) < 4.78 is 5.83. The second-order valence-corrected chi connectivity index (χ2v) is 7.15. The molecule has 0 spiro atoms. The van der Waals surface area contributed by atoms with Gasteiger partial charge in [-0.3, -0.25) is 4.79 Å². The van der Waals surface area contributed by atoms with Crippen molar-refractivity contribution < 1.29 is 14.3 Å². The fourth-order valence-electron chi connectivity index (χ4n) is 4.05. The Kier molecular flexibility index (Phi) is 4.01. The van der Waals surface area contributed by atoms with Gasteiger partial charge in [-0.1, -0.05) is 13.8 Å². The Morgan fingerprint density at radius 1 is 1.17 bits per heavy atom. The van der Waals surface area contributed by atoms with E-state index in [1.165, 1.54) is 0 Å².